The van der Waals surface area contributed by atoms with E-state index in [0.29, 0.717) is 5.82 Å². The molecule has 192 valence electrons. The fraction of sp³-hybridized carbons (Fsp3) is 0. The zero-order chi connectivity index (χ0) is 27.2. The fourth-order valence-electron chi connectivity index (χ4n) is 5.45. The van der Waals surface area contributed by atoms with Gasteiger partial charge in [-0.1, -0.05) is 97.1 Å². The van der Waals surface area contributed by atoms with Gasteiger partial charge in [0, 0.05) is 33.7 Å². The molecule has 0 saturated carbocycles. The Balaban J connectivity index is 1.19. The Morgan fingerprint density at radius 2 is 1.15 bits per heavy atom. The Labute approximate surface area is 236 Å². The lowest BCUT2D eigenvalue weighted by Crippen LogP contribution is -1.93. The van der Waals surface area contributed by atoms with Crippen molar-refractivity contribution in [2.75, 3.05) is 0 Å². The maximum atomic E-state index is 5.08. The van der Waals surface area contributed by atoms with E-state index >= 15 is 0 Å². The van der Waals surface area contributed by atoms with E-state index in [-0.39, 0.29) is 0 Å². The van der Waals surface area contributed by atoms with Crippen LogP contribution in [0.25, 0.3) is 72.5 Å². The van der Waals surface area contributed by atoms with Gasteiger partial charge in [0.05, 0.1) is 22.6 Å². The fourth-order valence-corrected chi connectivity index (χ4v) is 5.45. The Hall–Kier alpha value is -5.68. The van der Waals surface area contributed by atoms with Crippen molar-refractivity contribution in [2.24, 2.45) is 0 Å². The van der Waals surface area contributed by atoms with Gasteiger partial charge in [-0.15, -0.1) is 5.10 Å². The molecule has 0 unspecified atom stereocenters. The molecule has 4 aromatic carbocycles. The van der Waals surface area contributed by atoms with Gasteiger partial charge in [-0.3, -0.25) is 0 Å². The second-order valence-corrected chi connectivity index (χ2v) is 10.0. The zero-order valence-electron chi connectivity index (χ0n) is 22.0. The van der Waals surface area contributed by atoms with E-state index in [1.54, 1.807) is 0 Å². The number of benzene rings is 4. The number of nitrogens with zero attached hydrogens (tertiary/aromatic N) is 5. The van der Waals surface area contributed by atoms with Crippen molar-refractivity contribution >= 4 is 27.3 Å². The molecule has 0 atom stereocenters. The van der Waals surface area contributed by atoms with Gasteiger partial charge in [0.25, 0.3) is 0 Å². The molecule has 0 amide bonds. The summed E-state index contributed by atoms with van der Waals surface area (Å²) in [6, 6.07) is 45.4. The van der Waals surface area contributed by atoms with Crippen molar-refractivity contribution in [3.8, 4) is 45.2 Å². The van der Waals surface area contributed by atoms with E-state index < -0.39 is 0 Å². The second-order valence-electron chi connectivity index (χ2n) is 10.0. The largest absolute Gasteiger partial charge is 0.246 e. The lowest BCUT2D eigenvalue weighted by Gasteiger charge is -2.11. The average Bonchev–Trinajstić information content (AvgIpc) is 3.49. The summed E-state index contributed by atoms with van der Waals surface area (Å²) in [6.07, 6.45) is 2.02. The van der Waals surface area contributed by atoms with Crippen LogP contribution in [0, 0.1) is 0 Å². The summed E-state index contributed by atoms with van der Waals surface area (Å²) in [4.78, 5) is 14.9. The standard InChI is InChI=1S/C36H23N5/c1-2-10-24(11-3-1)27-20-21-34-39-36(40-41(34)23-27)26-13-8-12-25(22-26)31-18-9-19-33(37-31)35-30-16-5-4-14-28(30)29-15-6-7-17-32(29)38-35/h1-23H. The van der Waals surface area contributed by atoms with Gasteiger partial charge in [-0.25, -0.2) is 19.5 Å². The summed E-state index contributed by atoms with van der Waals surface area (Å²) >= 11 is 0. The molecule has 0 fully saturated rings. The van der Waals surface area contributed by atoms with Crippen LogP contribution in [0.5, 0.6) is 0 Å². The minimum absolute atomic E-state index is 0.676. The Kier molecular flexibility index (Phi) is 5.38. The van der Waals surface area contributed by atoms with Crippen LogP contribution in [0.4, 0.5) is 0 Å². The van der Waals surface area contributed by atoms with Crippen LogP contribution in [0.1, 0.15) is 0 Å². The smallest absolute Gasteiger partial charge is 0.182 e. The molecule has 0 aliphatic carbocycles. The highest BCUT2D eigenvalue weighted by molar-refractivity contribution is 6.10. The maximum Gasteiger partial charge on any atom is 0.182 e. The monoisotopic (exact) mass is 525 g/mol. The Bertz CT molecular complexity index is 2220. The van der Waals surface area contributed by atoms with E-state index in [4.69, 9.17) is 20.1 Å². The predicted molar refractivity (Wildman–Crippen MR) is 165 cm³/mol. The normalized spacial score (nSPS) is 11.4. The number of fused-ring (bicyclic) bond motifs is 4. The van der Waals surface area contributed by atoms with Crippen LogP contribution < -0.4 is 0 Å². The molecule has 41 heavy (non-hydrogen) atoms. The van der Waals surface area contributed by atoms with Crippen LogP contribution >= 0.6 is 0 Å². The molecule has 0 bridgehead atoms. The third kappa shape index (κ3) is 4.12. The molecular weight excluding hydrogens is 502 g/mol. The molecule has 0 aliphatic rings. The predicted octanol–water partition coefficient (Wildman–Crippen LogP) is 8.49. The highest BCUT2D eigenvalue weighted by Crippen LogP contribution is 2.33. The van der Waals surface area contributed by atoms with Gasteiger partial charge in [0.2, 0.25) is 0 Å². The molecular formula is C36H23N5. The first kappa shape index (κ1) is 23.2. The van der Waals surface area contributed by atoms with Gasteiger partial charge >= 0.3 is 0 Å². The third-order valence-corrected chi connectivity index (χ3v) is 7.45. The molecule has 8 rings (SSSR count). The molecule has 0 aliphatic heterocycles. The molecule has 5 nitrogen and oxygen atoms in total. The SMILES string of the molecule is c1ccc(-c2ccc3nc(-c4cccc(-c5cccc(-c6nc7ccccc7c7ccccc67)n5)c4)nn3c2)cc1. The summed E-state index contributed by atoms with van der Waals surface area (Å²) in [5.41, 5.74) is 8.55. The molecule has 5 heteroatoms. The summed E-state index contributed by atoms with van der Waals surface area (Å²) in [5.74, 6) is 0.676. The van der Waals surface area contributed by atoms with E-state index in [0.717, 1.165) is 61.3 Å². The van der Waals surface area contributed by atoms with E-state index in [9.17, 15) is 0 Å². The molecule has 4 heterocycles. The zero-order valence-corrected chi connectivity index (χ0v) is 22.0. The van der Waals surface area contributed by atoms with Gasteiger partial charge in [0.15, 0.2) is 11.5 Å². The summed E-state index contributed by atoms with van der Waals surface area (Å²) in [6.45, 7) is 0. The topological polar surface area (TPSA) is 56.0 Å². The Morgan fingerprint density at radius 1 is 0.439 bits per heavy atom. The molecule has 0 N–H and O–H groups in total. The average molecular weight is 526 g/mol. The highest BCUT2D eigenvalue weighted by Gasteiger charge is 2.13. The summed E-state index contributed by atoms with van der Waals surface area (Å²) < 4.78 is 1.85. The molecule has 0 saturated heterocycles. The van der Waals surface area contributed by atoms with Crippen LogP contribution in [-0.2, 0) is 0 Å². The maximum absolute atomic E-state index is 5.08. The van der Waals surface area contributed by atoms with Crippen molar-refractivity contribution in [1.82, 2.24) is 24.6 Å². The summed E-state index contributed by atoms with van der Waals surface area (Å²) in [7, 11) is 0. The van der Waals surface area contributed by atoms with Gasteiger partial charge in [-0.05, 0) is 47.3 Å². The van der Waals surface area contributed by atoms with Crippen molar-refractivity contribution in [3.63, 3.8) is 0 Å². The number of para-hydroxylation sites is 1. The van der Waals surface area contributed by atoms with Crippen molar-refractivity contribution < 1.29 is 0 Å². The van der Waals surface area contributed by atoms with E-state index in [1.165, 1.54) is 5.39 Å². The second kappa shape index (κ2) is 9.50. The van der Waals surface area contributed by atoms with Crippen molar-refractivity contribution in [2.45, 2.75) is 0 Å². The van der Waals surface area contributed by atoms with Crippen molar-refractivity contribution in [1.29, 1.82) is 0 Å². The lowest BCUT2D eigenvalue weighted by molar-refractivity contribution is 0.967. The van der Waals surface area contributed by atoms with E-state index in [1.807, 2.05) is 71.4 Å². The van der Waals surface area contributed by atoms with E-state index in [2.05, 4.69) is 72.8 Å². The molecule has 4 aromatic heterocycles. The van der Waals surface area contributed by atoms with Crippen LogP contribution in [0.3, 0.4) is 0 Å². The van der Waals surface area contributed by atoms with Gasteiger partial charge in [0.1, 0.15) is 0 Å². The molecule has 8 aromatic rings. The van der Waals surface area contributed by atoms with Crippen LogP contribution in [0.2, 0.25) is 0 Å². The number of hydrogen-bond donors (Lipinski definition) is 0. The number of pyridine rings is 3. The minimum Gasteiger partial charge on any atom is -0.246 e. The third-order valence-electron chi connectivity index (χ3n) is 7.45. The first-order valence-corrected chi connectivity index (χ1v) is 13.6. The first-order chi connectivity index (χ1) is 20.3. The van der Waals surface area contributed by atoms with Crippen LogP contribution in [-0.4, -0.2) is 24.6 Å². The first-order valence-electron chi connectivity index (χ1n) is 13.6. The molecule has 0 radical (unpaired) electrons. The number of hydrogen-bond acceptors (Lipinski definition) is 4. The Morgan fingerprint density at radius 3 is 2.05 bits per heavy atom. The number of aromatic nitrogens is 5. The van der Waals surface area contributed by atoms with Gasteiger partial charge < -0.3 is 0 Å². The highest BCUT2D eigenvalue weighted by atomic mass is 15.3. The minimum atomic E-state index is 0.676. The molecule has 0 spiro atoms. The number of rotatable bonds is 4. The summed E-state index contributed by atoms with van der Waals surface area (Å²) in [5, 5.41) is 8.22. The van der Waals surface area contributed by atoms with Crippen molar-refractivity contribution in [3.05, 3.63) is 140 Å². The lowest BCUT2D eigenvalue weighted by atomic mass is 10.0. The quantitative estimate of drug-likeness (QED) is 0.216. The van der Waals surface area contributed by atoms with Gasteiger partial charge in [-0.2, -0.15) is 0 Å². The van der Waals surface area contributed by atoms with Crippen LogP contribution in [0.15, 0.2) is 140 Å².